The molecule has 0 saturated heterocycles. The molecule has 2 aromatic carbocycles. The van der Waals surface area contributed by atoms with Gasteiger partial charge in [0.1, 0.15) is 11.5 Å². The Hall–Kier alpha value is -2.80. The summed E-state index contributed by atoms with van der Waals surface area (Å²) < 4.78 is 10.7. The summed E-state index contributed by atoms with van der Waals surface area (Å²) in [6.45, 7) is 1.84. The van der Waals surface area contributed by atoms with Crippen LogP contribution >= 0.6 is 11.6 Å². The van der Waals surface area contributed by atoms with Crippen molar-refractivity contribution in [3.8, 4) is 11.5 Å². The zero-order chi connectivity index (χ0) is 17.9. The Morgan fingerprint density at radius 2 is 2.08 bits per heavy atom. The van der Waals surface area contributed by atoms with Crippen molar-refractivity contribution < 1.29 is 14.4 Å². The zero-order valence-corrected chi connectivity index (χ0v) is 13.9. The maximum absolute atomic E-state index is 10.9. The van der Waals surface area contributed by atoms with E-state index >= 15 is 0 Å². The standard InChI is InChI=1S/C16H16ClN3O4/c1-3-9-6-10(20(21)22)7-13(17)15(9)24-11-4-5-14(18)12(8-11)16(19)23-2/h4-8,19H,3,18H2,1-2H3. The molecule has 0 amide bonds. The first-order valence-electron chi connectivity index (χ1n) is 7.04. The lowest BCUT2D eigenvalue weighted by Gasteiger charge is -2.14. The van der Waals surface area contributed by atoms with E-state index in [1.54, 1.807) is 18.2 Å². The molecule has 0 saturated carbocycles. The van der Waals surface area contributed by atoms with Crippen LogP contribution in [0.5, 0.6) is 11.5 Å². The number of aryl methyl sites for hydroxylation is 1. The van der Waals surface area contributed by atoms with Crippen LogP contribution < -0.4 is 10.5 Å². The number of anilines is 1. The highest BCUT2D eigenvalue weighted by Crippen LogP contribution is 2.37. The molecule has 126 valence electrons. The van der Waals surface area contributed by atoms with Crippen LogP contribution in [-0.2, 0) is 11.2 Å². The molecule has 3 N–H and O–H groups in total. The first-order chi connectivity index (χ1) is 11.4. The molecular weight excluding hydrogens is 334 g/mol. The van der Waals surface area contributed by atoms with Crippen molar-refractivity contribution >= 4 is 28.9 Å². The number of non-ortho nitro benzene ring substituents is 1. The Bertz CT molecular complexity index is 808. The van der Waals surface area contributed by atoms with E-state index in [0.29, 0.717) is 34.7 Å². The summed E-state index contributed by atoms with van der Waals surface area (Å²) >= 11 is 6.15. The van der Waals surface area contributed by atoms with Gasteiger partial charge < -0.3 is 15.2 Å². The van der Waals surface area contributed by atoms with Gasteiger partial charge in [-0.25, -0.2) is 0 Å². The Morgan fingerprint density at radius 3 is 2.67 bits per heavy atom. The van der Waals surface area contributed by atoms with Crippen molar-refractivity contribution in [2.45, 2.75) is 13.3 Å². The third-order valence-electron chi connectivity index (χ3n) is 3.39. The number of hydrogen-bond donors (Lipinski definition) is 2. The van der Waals surface area contributed by atoms with Gasteiger partial charge in [0.2, 0.25) is 5.90 Å². The molecule has 0 fully saturated rings. The smallest absolute Gasteiger partial charge is 0.271 e. The second kappa shape index (κ2) is 7.18. The lowest BCUT2D eigenvalue weighted by atomic mass is 10.1. The van der Waals surface area contributed by atoms with E-state index in [2.05, 4.69) is 0 Å². The van der Waals surface area contributed by atoms with Gasteiger partial charge in [-0.15, -0.1) is 0 Å². The zero-order valence-electron chi connectivity index (χ0n) is 13.1. The van der Waals surface area contributed by atoms with Crippen LogP contribution in [0.15, 0.2) is 30.3 Å². The fraction of sp³-hybridized carbons (Fsp3) is 0.188. The fourth-order valence-corrected chi connectivity index (χ4v) is 2.41. The summed E-state index contributed by atoms with van der Waals surface area (Å²) in [5, 5.41) is 18.8. The van der Waals surface area contributed by atoms with E-state index in [4.69, 9.17) is 32.2 Å². The lowest BCUT2D eigenvalue weighted by molar-refractivity contribution is -0.384. The molecule has 0 spiro atoms. The number of rotatable bonds is 5. The van der Waals surface area contributed by atoms with Gasteiger partial charge in [0.15, 0.2) is 0 Å². The predicted molar refractivity (Wildman–Crippen MR) is 92.3 cm³/mol. The number of halogens is 1. The number of benzene rings is 2. The van der Waals surface area contributed by atoms with Crippen molar-refractivity contribution in [2.24, 2.45) is 0 Å². The minimum atomic E-state index is -0.504. The number of hydrogen-bond acceptors (Lipinski definition) is 6. The van der Waals surface area contributed by atoms with Crippen molar-refractivity contribution in [1.82, 2.24) is 0 Å². The molecule has 0 unspecified atom stereocenters. The largest absolute Gasteiger partial charge is 0.481 e. The third kappa shape index (κ3) is 3.57. The van der Waals surface area contributed by atoms with Crippen molar-refractivity contribution in [1.29, 1.82) is 5.41 Å². The monoisotopic (exact) mass is 349 g/mol. The fourth-order valence-electron chi connectivity index (χ4n) is 2.14. The highest BCUT2D eigenvalue weighted by atomic mass is 35.5. The van der Waals surface area contributed by atoms with Gasteiger partial charge in [-0.1, -0.05) is 18.5 Å². The topological polar surface area (TPSA) is 111 Å². The van der Waals surface area contributed by atoms with Crippen LogP contribution in [0.1, 0.15) is 18.1 Å². The average Bonchev–Trinajstić information content (AvgIpc) is 2.56. The van der Waals surface area contributed by atoms with Gasteiger partial charge in [-0.05, 0) is 24.6 Å². The summed E-state index contributed by atoms with van der Waals surface area (Å²) in [7, 11) is 1.37. The summed E-state index contributed by atoms with van der Waals surface area (Å²) in [5.41, 5.74) is 7.09. The third-order valence-corrected chi connectivity index (χ3v) is 3.67. The summed E-state index contributed by atoms with van der Waals surface area (Å²) in [5.74, 6) is 0.638. The molecule has 0 aromatic heterocycles. The van der Waals surface area contributed by atoms with E-state index < -0.39 is 4.92 Å². The predicted octanol–water partition coefficient (Wildman–Crippen LogP) is 4.16. The number of nitro groups is 1. The minimum absolute atomic E-state index is 0.0940. The van der Waals surface area contributed by atoms with Crippen LogP contribution in [0.2, 0.25) is 5.02 Å². The van der Waals surface area contributed by atoms with E-state index in [1.165, 1.54) is 19.2 Å². The average molecular weight is 350 g/mol. The highest BCUT2D eigenvalue weighted by Gasteiger charge is 2.17. The van der Waals surface area contributed by atoms with E-state index in [9.17, 15) is 10.1 Å². The quantitative estimate of drug-likeness (QED) is 0.277. The van der Waals surface area contributed by atoms with Crippen molar-refractivity contribution in [3.63, 3.8) is 0 Å². The molecule has 0 aliphatic rings. The molecule has 7 nitrogen and oxygen atoms in total. The molecule has 0 aliphatic carbocycles. The molecule has 0 atom stereocenters. The van der Waals surface area contributed by atoms with E-state index in [0.717, 1.165) is 0 Å². The molecule has 2 aromatic rings. The SMILES string of the molecule is CCc1cc([N+](=O)[O-])cc(Cl)c1Oc1ccc(N)c(C(=N)OC)c1. The number of nitrogens with one attached hydrogen (secondary N) is 1. The number of ether oxygens (including phenoxy) is 2. The van der Waals surface area contributed by atoms with Crippen LogP contribution in [0, 0.1) is 15.5 Å². The highest BCUT2D eigenvalue weighted by molar-refractivity contribution is 6.32. The van der Waals surface area contributed by atoms with Crippen LogP contribution in [0.25, 0.3) is 0 Å². The molecule has 0 bridgehead atoms. The first-order valence-corrected chi connectivity index (χ1v) is 7.42. The number of nitrogens with zero attached hydrogens (tertiary/aromatic N) is 1. The molecule has 0 radical (unpaired) electrons. The van der Waals surface area contributed by atoms with Gasteiger partial charge in [0.05, 0.1) is 22.6 Å². The number of nitrogen functional groups attached to an aromatic ring is 1. The maximum Gasteiger partial charge on any atom is 0.271 e. The normalized spacial score (nSPS) is 10.3. The van der Waals surface area contributed by atoms with Crippen LogP contribution in [0.3, 0.4) is 0 Å². The van der Waals surface area contributed by atoms with Gasteiger partial charge in [-0.3, -0.25) is 15.5 Å². The molecule has 8 heteroatoms. The van der Waals surface area contributed by atoms with Gasteiger partial charge in [-0.2, -0.15) is 0 Å². The Labute approximate surface area is 143 Å². The number of nitrogens with two attached hydrogens (primary N) is 1. The van der Waals surface area contributed by atoms with Gasteiger partial charge in [0, 0.05) is 23.4 Å². The Morgan fingerprint density at radius 1 is 1.38 bits per heavy atom. The number of nitro benzene ring substituents is 1. The van der Waals surface area contributed by atoms with E-state index in [-0.39, 0.29) is 16.6 Å². The van der Waals surface area contributed by atoms with E-state index in [1.807, 2.05) is 6.92 Å². The molecule has 0 heterocycles. The number of methoxy groups -OCH3 is 1. The summed E-state index contributed by atoms with van der Waals surface area (Å²) in [4.78, 5) is 10.4. The van der Waals surface area contributed by atoms with Crippen molar-refractivity contribution in [2.75, 3.05) is 12.8 Å². The van der Waals surface area contributed by atoms with Crippen LogP contribution in [0.4, 0.5) is 11.4 Å². The molecule has 24 heavy (non-hydrogen) atoms. The van der Waals surface area contributed by atoms with Crippen molar-refractivity contribution in [3.05, 3.63) is 56.6 Å². The summed E-state index contributed by atoms with van der Waals surface area (Å²) in [6.07, 6.45) is 0.506. The Kier molecular flexibility index (Phi) is 5.25. The molecular formula is C16H16ClN3O4. The molecule has 0 aliphatic heterocycles. The lowest BCUT2D eigenvalue weighted by Crippen LogP contribution is -2.06. The molecule has 2 rings (SSSR count). The second-order valence-corrected chi connectivity index (χ2v) is 5.32. The first kappa shape index (κ1) is 17.6. The van der Waals surface area contributed by atoms with Crippen LogP contribution in [-0.4, -0.2) is 17.9 Å². The van der Waals surface area contributed by atoms with Gasteiger partial charge in [0.25, 0.3) is 5.69 Å². The Balaban J connectivity index is 2.45. The maximum atomic E-state index is 10.9. The second-order valence-electron chi connectivity index (χ2n) is 4.91. The van der Waals surface area contributed by atoms with Gasteiger partial charge >= 0.3 is 0 Å². The summed E-state index contributed by atoms with van der Waals surface area (Å²) in [6, 6.07) is 7.43. The minimum Gasteiger partial charge on any atom is -0.481 e.